The molecule has 0 aliphatic carbocycles. The number of hydrogen-bond acceptors (Lipinski definition) is 3. The van der Waals surface area contributed by atoms with E-state index in [0.29, 0.717) is 11.1 Å². The standard InChI is InChI=1S/C16H16ClFN2OS/c17-11-5-6-13(12(18)9-11)19-16(21)10-20-7-1-3-14(20)15-4-2-8-22-15/h2,4-6,8-9,14H,1,3,7,10H2,(H,19,21)/t14-/m1/s1. The highest BCUT2D eigenvalue weighted by Crippen LogP contribution is 2.34. The van der Waals surface area contributed by atoms with E-state index >= 15 is 0 Å². The zero-order valence-corrected chi connectivity index (χ0v) is 13.5. The fourth-order valence-electron chi connectivity index (χ4n) is 2.78. The van der Waals surface area contributed by atoms with E-state index in [9.17, 15) is 9.18 Å². The molecule has 3 nitrogen and oxygen atoms in total. The van der Waals surface area contributed by atoms with Gasteiger partial charge in [0.05, 0.1) is 12.2 Å². The first-order valence-electron chi connectivity index (χ1n) is 7.16. The van der Waals surface area contributed by atoms with E-state index in [1.54, 1.807) is 17.4 Å². The van der Waals surface area contributed by atoms with Crippen LogP contribution in [0.25, 0.3) is 0 Å². The van der Waals surface area contributed by atoms with Crippen molar-refractivity contribution in [1.82, 2.24) is 4.90 Å². The molecule has 22 heavy (non-hydrogen) atoms. The van der Waals surface area contributed by atoms with Crippen LogP contribution in [0, 0.1) is 5.82 Å². The number of nitrogens with zero attached hydrogens (tertiary/aromatic N) is 1. The van der Waals surface area contributed by atoms with E-state index in [1.165, 1.54) is 17.0 Å². The minimum Gasteiger partial charge on any atom is -0.322 e. The van der Waals surface area contributed by atoms with Gasteiger partial charge in [-0.2, -0.15) is 0 Å². The summed E-state index contributed by atoms with van der Waals surface area (Å²) in [7, 11) is 0. The van der Waals surface area contributed by atoms with Gasteiger partial charge in [0.15, 0.2) is 0 Å². The predicted molar refractivity (Wildman–Crippen MR) is 87.9 cm³/mol. The first-order chi connectivity index (χ1) is 10.6. The van der Waals surface area contributed by atoms with E-state index < -0.39 is 5.82 Å². The van der Waals surface area contributed by atoms with Crippen LogP contribution in [0.15, 0.2) is 35.7 Å². The lowest BCUT2D eigenvalue weighted by atomic mass is 10.2. The Hall–Kier alpha value is -1.43. The van der Waals surface area contributed by atoms with Gasteiger partial charge in [-0.25, -0.2) is 4.39 Å². The van der Waals surface area contributed by atoms with Crippen molar-refractivity contribution in [3.05, 3.63) is 51.4 Å². The molecule has 1 aliphatic rings. The normalized spacial score (nSPS) is 18.5. The van der Waals surface area contributed by atoms with Crippen LogP contribution in [0.3, 0.4) is 0 Å². The SMILES string of the molecule is O=C(CN1CCC[C@@H]1c1cccs1)Nc1ccc(Cl)cc1F. The predicted octanol–water partition coefficient (Wildman–Crippen LogP) is 4.32. The molecule has 1 N–H and O–H groups in total. The Morgan fingerprint density at radius 1 is 1.45 bits per heavy atom. The maximum absolute atomic E-state index is 13.7. The number of nitrogens with one attached hydrogen (secondary N) is 1. The second-order valence-electron chi connectivity index (χ2n) is 5.32. The van der Waals surface area contributed by atoms with E-state index in [-0.39, 0.29) is 18.1 Å². The van der Waals surface area contributed by atoms with Crippen molar-refractivity contribution in [2.24, 2.45) is 0 Å². The second-order valence-corrected chi connectivity index (χ2v) is 6.73. The van der Waals surface area contributed by atoms with Gasteiger partial charge >= 0.3 is 0 Å². The molecule has 1 saturated heterocycles. The number of anilines is 1. The van der Waals surface area contributed by atoms with Crippen LogP contribution < -0.4 is 5.32 Å². The average Bonchev–Trinajstić information content (AvgIpc) is 3.12. The molecule has 1 atom stereocenters. The van der Waals surface area contributed by atoms with Crippen LogP contribution in [0.2, 0.25) is 5.02 Å². The molecule has 0 unspecified atom stereocenters. The van der Waals surface area contributed by atoms with Crippen molar-refractivity contribution in [1.29, 1.82) is 0 Å². The number of amides is 1. The summed E-state index contributed by atoms with van der Waals surface area (Å²) in [6.07, 6.45) is 2.13. The molecule has 0 radical (unpaired) electrons. The molecule has 0 saturated carbocycles. The smallest absolute Gasteiger partial charge is 0.238 e. The molecule has 1 aromatic carbocycles. The number of hydrogen-bond donors (Lipinski definition) is 1. The third-order valence-corrected chi connectivity index (χ3v) is 5.00. The van der Waals surface area contributed by atoms with Crippen LogP contribution in [-0.2, 0) is 4.79 Å². The first-order valence-corrected chi connectivity index (χ1v) is 8.41. The van der Waals surface area contributed by atoms with Gasteiger partial charge in [0.25, 0.3) is 0 Å². The lowest BCUT2D eigenvalue weighted by Crippen LogP contribution is -2.32. The zero-order valence-electron chi connectivity index (χ0n) is 11.9. The molecule has 1 amide bonds. The fourth-order valence-corrected chi connectivity index (χ4v) is 3.84. The average molecular weight is 339 g/mol. The molecule has 1 fully saturated rings. The number of carbonyl (C=O) groups is 1. The molecular weight excluding hydrogens is 323 g/mol. The monoisotopic (exact) mass is 338 g/mol. The third kappa shape index (κ3) is 3.48. The Balaban J connectivity index is 1.64. The number of benzene rings is 1. The van der Waals surface area contributed by atoms with Gasteiger partial charge in [0.2, 0.25) is 5.91 Å². The van der Waals surface area contributed by atoms with Gasteiger partial charge in [-0.15, -0.1) is 11.3 Å². The Morgan fingerprint density at radius 3 is 3.05 bits per heavy atom. The van der Waals surface area contributed by atoms with Gasteiger partial charge in [0.1, 0.15) is 5.82 Å². The highest BCUT2D eigenvalue weighted by atomic mass is 35.5. The van der Waals surface area contributed by atoms with Gasteiger partial charge in [-0.1, -0.05) is 17.7 Å². The summed E-state index contributed by atoms with van der Waals surface area (Å²) in [6, 6.07) is 8.66. The molecule has 1 aliphatic heterocycles. The first kappa shape index (κ1) is 15.5. The summed E-state index contributed by atoms with van der Waals surface area (Å²) in [5.41, 5.74) is 0.168. The maximum Gasteiger partial charge on any atom is 0.238 e. The van der Waals surface area contributed by atoms with Crippen LogP contribution in [0.1, 0.15) is 23.8 Å². The highest BCUT2D eigenvalue weighted by Gasteiger charge is 2.28. The topological polar surface area (TPSA) is 32.3 Å². The quantitative estimate of drug-likeness (QED) is 0.900. The van der Waals surface area contributed by atoms with Gasteiger partial charge in [0, 0.05) is 15.9 Å². The highest BCUT2D eigenvalue weighted by molar-refractivity contribution is 7.10. The molecular formula is C16H16ClFN2OS. The lowest BCUT2D eigenvalue weighted by molar-refractivity contribution is -0.117. The summed E-state index contributed by atoms with van der Waals surface area (Å²) in [4.78, 5) is 15.6. The van der Waals surface area contributed by atoms with Crippen molar-refractivity contribution in [2.75, 3.05) is 18.4 Å². The summed E-state index contributed by atoms with van der Waals surface area (Å²) in [5.74, 6) is -0.721. The fraction of sp³-hybridized carbons (Fsp3) is 0.312. The van der Waals surface area contributed by atoms with Crippen molar-refractivity contribution in [2.45, 2.75) is 18.9 Å². The summed E-state index contributed by atoms with van der Waals surface area (Å²) in [5, 5.41) is 4.98. The molecule has 0 bridgehead atoms. The number of carbonyl (C=O) groups excluding carboxylic acids is 1. The number of rotatable bonds is 4. The molecule has 0 spiro atoms. The van der Waals surface area contributed by atoms with Crippen molar-refractivity contribution in [3.8, 4) is 0 Å². The van der Waals surface area contributed by atoms with Gasteiger partial charge in [-0.05, 0) is 49.0 Å². The molecule has 6 heteroatoms. The van der Waals surface area contributed by atoms with Crippen LogP contribution in [-0.4, -0.2) is 23.9 Å². The van der Waals surface area contributed by atoms with Crippen LogP contribution in [0.5, 0.6) is 0 Å². The maximum atomic E-state index is 13.7. The summed E-state index contributed by atoms with van der Waals surface area (Å²) in [6.45, 7) is 1.16. The Morgan fingerprint density at radius 2 is 2.32 bits per heavy atom. The Bertz CT molecular complexity index is 662. The molecule has 2 aromatic rings. The van der Waals surface area contributed by atoms with E-state index in [2.05, 4.69) is 21.7 Å². The minimum absolute atomic E-state index is 0.168. The number of halogens is 2. The molecule has 2 heterocycles. The van der Waals surface area contributed by atoms with E-state index in [4.69, 9.17) is 11.6 Å². The van der Waals surface area contributed by atoms with Crippen LogP contribution >= 0.6 is 22.9 Å². The second kappa shape index (κ2) is 6.77. The van der Waals surface area contributed by atoms with Gasteiger partial charge < -0.3 is 5.32 Å². The van der Waals surface area contributed by atoms with Crippen molar-refractivity contribution in [3.63, 3.8) is 0 Å². The third-order valence-electron chi connectivity index (χ3n) is 3.79. The van der Waals surface area contributed by atoms with Gasteiger partial charge in [-0.3, -0.25) is 9.69 Å². The minimum atomic E-state index is -0.517. The molecule has 1 aromatic heterocycles. The lowest BCUT2D eigenvalue weighted by Gasteiger charge is -2.22. The largest absolute Gasteiger partial charge is 0.322 e. The number of likely N-dealkylation sites (tertiary alicyclic amines) is 1. The molecule has 3 rings (SSSR count). The van der Waals surface area contributed by atoms with Crippen molar-refractivity contribution >= 4 is 34.5 Å². The number of thiophene rings is 1. The Labute approximate surface area is 137 Å². The van der Waals surface area contributed by atoms with E-state index in [1.807, 2.05) is 6.07 Å². The summed E-state index contributed by atoms with van der Waals surface area (Å²) < 4.78 is 13.7. The Kier molecular flexibility index (Phi) is 4.76. The van der Waals surface area contributed by atoms with Crippen molar-refractivity contribution < 1.29 is 9.18 Å². The zero-order chi connectivity index (χ0) is 15.5. The van der Waals surface area contributed by atoms with Crippen LogP contribution in [0.4, 0.5) is 10.1 Å². The molecule has 116 valence electrons. The summed E-state index contributed by atoms with van der Waals surface area (Å²) >= 11 is 7.42. The van der Waals surface area contributed by atoms with E-state index in [0.717, 1.165) is 19.4 Å².